The van der Waals surface area contributed by atoms with Crippen molar-refractivity contribution in [3.8, 4) is 0 Å². The molecule has 1 rings (SSSR count). The van der Waals surface area contributed by atoms with Crippen LogP contribution in [0.3, 0.4) is 0 Å². The maximum absolute atomic E-state index is 11.6. The highest BCUT2D eigenvalue weighted by Crippen LogP contribution is 2.28. The number of anilines is 1. The van der Waals surface area contributed by atoms with Crippen LogP contribution < -0.4 is 3.71 Å². The van der Waals surface area contributed by atoms with Gasteiger partial charge >= 0.3 is 0 Å². The maximum atomic E-state index is 11.6. The molecule has 0 aliphatic heterocycles. The van der Waals surface area contributed by atoms with E-state index in [0.29, 0.717) is 15.0 Å². The van der Waals surface area contributed by atoms with Crippen LogP contribution in [0.4, 0.5) is 5.69 Å². The van der Waals surface area contributed by atoms with Gasteiger partial charge in [-0.05, 0) is 19.4 Å². The number of nitrogens with zero attached hydrogens (tertiary/aromatic N) is 2. The van der Waals surface area contributed by atoms with E-state index in [4.69, 9.17) is 11.6 Å². The number of rotatable bonds is 3. The van der Waals surface area contributed by atoms with E-state index in [1.165, 1.54) is 6.07 Å². The average molecular weight is 343 g/mol. The van der Waals surface area contributed by atoms with E-state index < -0.39 is 20.0 Å². The minimum Gasteiger partial charge on any atom is -0.241 e. The summed E-state index contributed by atoms with van der Waals surface area (Å²) in [6.45, 7) is 7.20. The Balaban J connectivity index is 0.00000172. The Bertz CT molecular complexity index is 653. The van der Waals surface area contributed by atoms with E-state index in [1.54, 1.807) is 13.8 Å². The maximum Gasteiger partial charge on any atom is 0.245 e. The molecule has 0 N–H and O–H groups in total. The van der Waals surface area contributed by atoms with Gasteiger partial charge in [-0.15, -0.1) is 0 Å². The van der Waals surface area contributed by atoms with Crippen LogP contribution in [0.5, 0.6) is 0 Å². The van der Waals surface area contributed by atoms with Gasteiger partial charge < -0.3 is 0 Å². The van der Waals surface area contributed by atoms with Gasteiger partial charge in [0.05, 0.1) is 18.2 Å². The number of halogens is 1. The van der Waals surface area contributed by atoms with Crippen LogP contribution in [0.15, 0.2) is 6.07 Å². The summed E-state index contributed by atoms with van der Waals surface area (Å²) in [5.41, 5.74) is 0.905. The van der Waals surface area contributed by atoms with Gasteiger partial charge in [0, 0.05) is 11.8 Å². The molecule has 0 aliphatic rings. The third-order valence-electron chi connectivity index (χ3n) is 2.26. The van der Waals surface area contributed by atoms with E-state index in [-0.39, 0.29) is 10.8 Å². The van der Waals surface area contributed by atoms with Gasteiger partial charge in [0.2, 0.25) is 20.0 Å². The Labute approximate surface area is 125 Å². The van der Waals surface area contributed by atoms with Crippen molar-refractivity contribution >= 4 is 37.3 Å². The molecule has 116 valence electrons. The first kappa shape index (κ1) is 19.1. The summed E-state index contributed by atoms with van der Waals surface area (Å²) in [5.74, 6) is 0. The monoisotopic (exact) mass is 342 g/mol. The highest BCUT2D eigenvalue weighted by molar-refractivity contribution is 8.09. The van der Waals surface area contributed by atoms with Crippen LogP contribution in [0, 0.1) is 13.8 Å². The molecule has 0 spiro atoms. The molecule has 0 aliphatic carbocycles. The molecule has 0 bridgehead atoms. The van der Waals surface area contributed by atoms with Crippen LogP contribution >= 0.6 is 11.6 Å². The van der Waals surface area contributed by atoms with Crippen molar-refractivity contribution in [1.82, 2.24) is 4.98 Å². The molecular formula is C11H19ClN2O4S2. The van der Waals surface area contributed by atoms with E-state index in [2.05, 4.69) is 4.98 Å². The van der Waals surface area contributed by atoms with Gasteiger partial charge in [-0.25, -0.2) is 21.8 Å². The van der Waals surface area contributed by atoms with E-state index >= 15 is 0 Å². The summed E-state index contributed by atoms with van der Waals surface area (Å²) in [6.07, 6.45) is 1.63. The molecule has 20 heavy (non-hydrogen) atoms. The Morgan fingerprint density at radius 2 is 1.45 bits per heavy atom. The second-order valence-electron chi connectivity index (χ2n) is 3.90. The van der Waals surface area contributed by atoms with Crippen molar-refractivity contribution < 1.29 is 16.8 Å². The normalized spacial score (nSPS) is 11.6. The second-order valence-corrected chi connectivity index (χ2v) is 8.18. The summed E-state index contributed by atoms with van der Waals surface area (Å²) < 4.78 is 46.9. The number of hydrogen-bond acceptors (Lipinski definition) is 5. The van der Waals surface area contributed by atoms with Crippen molar-refractivity contribution in [3.63, 3.8) is 0 Å². The third kappa shape index (κ3) is 4.60. The Hall–Kier alpha value is -0.860. The van der Waals surface area contributed by atoms with E-state index in [1.807, 2.05) is 13.8 Å². The zero-order valence-electron chi connectivity index (χ0n) is 12.3. The molecule has 0 radical (unpaired) electrons. The highest BCUT2D eigenvalue weighted by Gasteiger charge is 2.29. The lowest BCUT2D eigenvalue weighted by Crippen LogP contribution is -2.36. The first-order valence-corrected chi connectivity index (χ1v) is 9.86. The SMILES string of the molecule is CC.Cc1nc(Cl)cc(N(S(C)(=O)=O)S(C)(=O)=O)c1C. The molecule has 0 aromatic carbocycles. The molecule has 1 aromatic rings. The van der Waals surface area contributed by atoms with Crippen molar-refractivity contribution in [1.29, 1.82) is 0 Å². The number of hydrogen-bond donors (Lipinski definition) is 0. The molecule has 1 aromatic heterocycles. The first-order chi connectivity index (χ1) is 8.94. The fraction of sp³-hybridized carbons (Fsp3) is 0.545. The molecule has 9 heteroatoms. The fourth-order valence-electron chi connectivity index (χ4n) is 1.48. The standard InChI is InChI=1S/C9H13ClN2O4S2.C2H6/c1-6-7(2)11-9(10)5-8(6)12(17(3,13)14)18(4,15)16;1-2/h5H,1-4H3;1-2H3. The zero-order chi connectivity index (χ0) is 16.3. The second kappa shape index (κ2) is 6.73. The summed E-state index contributed by atoms with van der Waals surface area (Å²) in [4.78, 5) is 3.93. The van der Waals surface area contributed by atoms with Crippen LogP contribution in [0.2, 0.25) is 5.15 Å². The predicted octanol–water partition coefficient (Wildman–Crippen LogP) is 2.10. The van der Waals surface area contributed by atoms with Crippen LogP contribution in [0.1, 0.15) is 25.1 Å². The molecule has 0 unspecified atom stereocenters. The Kier molecular flexibility index (Phi) is 6.44. The van der Waals surface area contributed by atoms with Crippen molar-refractivity contribution in [2.75, 3.05) is 16.2 Å². The number of aryl methyl sites for hydroxylation is 1. The lowest BCUT2D eigenvalue weighted by Gasteiger charge is -2.22. The molecule has 1 heterocycles. The van der Waals surface area contributed by atoms with Crippen molar-refractivity contribution in [2.45, 2.75) is 27.7 Å². The number of pyridine rings is 1. The molecule has 0 fully saturated rings. The highest BCUT2D eigenvalue weighted by atomic mass is 35.5. The Morgan fingerprint density at radius 1 is 1.05 bits per heavy atom. The van der Waals surface area contributed by atoms with Crippen LogP contribution in [0.25, 0.3) is 0 Å². The lowest BCUT2D eigenvalue weighted by molar-refractivity contribution is 0.590. The molecule has 6 nitrogen and oxygen atoms in total. The van der Waals surface area contributed by atoms with Gasteiger partial charge in [-0.2, -0.15) is 3.71 Å². The molecule has 0 amide bonds. The summed E-state index contributed by atoms with van der Waals surface area (Å²) >= 11 is 5.74. The lowest BCUT2D eigenvalue weighted by atomic mass is 10.2. The van der Waals surface area contributed by atoms with Crippen molar-refractivity contribution in [2.24, 2.45) is 0 Å². The van der Waals surface area contributed by atoms with Crippen LogP contribution in [-0.4, -0.2) is 34.3 Å². The first-order valence-electron chi connectivity index (χ1n) is 5.79. The molecule has 0 saturated heterocycles. The van der Waals surface area contributed by atoms with Gasteiger partial charge in [0.1, 0.15) is 5.15 Å². The fourth-order valence-corrected chi connectivity index (χ4v) is 4.77. The number of aromatic nitrogens is 1. The largest absolute Gasteiger partial charge is 0.245 e. The molecular weight excluding hydrogens is 324 g/mol. The zero-order valence-corrected chi connectivity index (χ0v) is 14.7. The van der Waals surface area contributed by atoms with Gasteiger partial charge in [0.25, 0.3) is 0 Å². The number of sulfonamides is 2. The summed E-state index contributed by atoms with van der Waals surface area (Å²) in [6, 6.07) is 1.21. The van der Waals surface area contributed by atoms with E-state index in [9.17, 15) is 16.8 Å². The average Bonchev–Trinajstić information content (AvgIpc) is 2.24. The third-order valence-corrected chi connectivity index (χ3v) is 5.67. The molecule has 0 atom stereocenters. The predicted molar refractivity (Wildman–Crippen MR) is 82.2 cm³/mol. The smallest absolute Gasteiger partial charge is 0.241 e. The minimum absolute atomic E-state index is 0.00231. The topological polar surface area (TPSA) is 84.4 Å². The van der Waals surface area contributed by atoms with Gasteiger partial charge in [0.15, 0.2) is 0 Å². The van der Waals surface area contributed by atoms with Crippen molar-refractivity contribution in [3.05, 3.63) is 22.5 Å². The Morgan fingerprint density at radius 3 is 1.80 bits per heavy atom. The summed E-state index contributed by atoms with van der Waals surface area (Å²) in [7, 11) is -7.95. The van der Waals surface area contributed by atoms with Gasteiger partial charge in [-0.1, -0.05) is 25.4 Å². The van der Waals surface area contributed by atoms with Gasteiger partial charge in [-0.3, -0.25) is 0 Å². The molecule has 0 saturated carbocycles. The summed E-state index contributed by atoms with van der Waals surface area (Å²) in [5, 5.41) is 0.0328. The quantitative estimate of drug-likeness (QED) is 0.785. The minimum atomic E-state index is -3.97. The van der Waals surface area contributed by atoms with E-state index in [0.717, 1.165) is 12.5 Å². The van der Waals surface area contributed by atoms with Crippen LogP contribution in [-0.2, 0) is 20.0 Å².